The van der Waals surface area contributed by atoms with Gasteiger partial charge in [-0.2, -0.15) is 0 Å². The van der Waals surface area contributed by atoms with Crippen LogP contribution in [-0.4, -0.2) is 38.0 Å². The number of nitrogens with one attached hydrogen (secondary N) is 2. The van der Waals surface area contributed by atoms with E-state index < -0.39 is 17.8 Å². The van der Waals surface area contributed by atoms with Crippen molar-refractivity contribution in [2.24, 2.45) is 5.92 Å². The topological polar surface area (TPSA) is 111 Å². The molecule has 1 aliphatic rings. The molecule has 0 atom stereocenters. The number of hydrogen-bond donors (Lipinski definition) is 2. The Hall–Kier alpha value is -3.68. The zero-order valence-electron chi connectivity index (χ0n) is 16.0. The van der Waals surface area contributed by atoms with Crippen molar-refractivity contribution in [1.82, 2.24) is 0 Å². The molecule has 0 bridgehead atoms. The summed E-state index contributed by atoms with van der Waals surface area (Å²) in [6, 6.07) is 10.6. The van der Waals surface area contributed by atoms with Crippen molar-refractivity contribution < 1.29 is 28.7 Å². The van der Waals surface area contributed by atoms with E-state index in [0.29, 0.717) is 11.3 Å². The summed E-state index contributed by atoms with van der Waals surface area (Å²) in [7, 11) is 2.43. The standard InChI is InChI=1S/C21H20N2O6/c1-28-20(26)14-8-15(21(27)29-2)11-17(10-14)23-19(25)13-4-3-5-16(9-13)22-18(24)12-6-7-12/h3-5,8-12H,6-7H2,1-2H3,(H,22,24)(H,23,25). The van der Waals surface area contributed by atoms with Crippen molar-refractivity contribution in [2.45, 2.75) is 12.8 Å². The number of ether oxygens (including phenoxy) is 2. The Balaban J connectivity index is 1.81. The first-order valence-electron chi connectivity index (χ1n) is 8.95. The van der Waals surface area contributed by atoms with E-state index in [4.69, 9.17) is 0 Å². The van der Waals surface area contributed by atoms with E-state index in [2.05, 4.69) is 20.1 Å². The maximum Gasteiger partial charge on any atom is 0.337 e. The fourth-order valence-electron chi connectivity index (χ4n) is 2.70. The van der Waals surface area contributed by atoms with Gasteiger partial charge in [-0.1, -0.05) is 6.07 Å². The van der Waals surface area contributed by atoms with Crippen LogP contribution in [0, 0.1) is 5.92 Å². The Morgan fingerprint density at radius 3 is 1.93 bits per heavy atom. The smallest absolute Gasteiger partial charge is 0.337 e. The number of carbonyl (C=O) groups is 4. The van der Waals surface area contributed by atoms with E-state index >= 15 is 0 Å². The molecule has 8 nitrogen and oxygen atoms in total. The molecule has 8 heteroatoms. The SMILES string of the molecule is COC(=O)c1cc(NC(=O)c2cccc(NC(=O)C3CC3)c2)cc(C(=O)OC)c1. The molecule has 0 aromatic heterocycles. The Labute approximate surface area is 167 Å². The molecule has 0 aliphatic heterocycles. The van der Waals surface area contributed by atoms with Crippen LogP contribution in [0.4, 0.5) is 11.4 Å². The lowest BCUT2D eigenvalue weighted by Gasteiger charge is -2.11. The van der Waals surface area contributed by atoms with Gasteiger partial charge in [0.2, 0.25) is 5.91 Å². The van der Waals surface area contributed by atoms with Gasteiger partial charge in [0.25, 0.3) is 5.91 Å². The van der Waals surface area contributed by atoms with E-state index in [0.717, 1.165) is 12.8 Å². The molecule has 0 spiro atoms. The maximum atomic E-state index is 12.6. The van der Waals surface area contributed by atoms with Gasteiger partial charge in [-0.15, -0.1) is 0 Å². The second-order valence-corrected chi connectivity index (χ2v) is 6.58. The fraction of sp³-hybridized carbons (Fsp3) is 0.238. The molecule has 2 aromatic carbocycles. The van der Waals surface area contributed by atoms with Crippen LogP contribution in [-0.2, 0) is 14.3 Å². The zero-order valence-corrected chi connectivity index (χ0v) is 16.0. The number of carbonyl (C=O) groups excluding carboxylic acids is 4. The number of methoxy groups -OCH3 is 2. The summed E-state index contributed by atoms with van der Waals surface area (Å²) in [6.45, 7) is 0. The van der Waals surface area contributed by atoms with Crippen LogP contribution >= 0.6 is 0 Å². The highest BCUT2D eigenvalue weighted by Gasteiger charge is 2.29. The maximum absolute atomic E-state index is 12.6. The highest BCUT2D eigenvalue weighted by Crippen LogP contribution is 2.30. The van der Waals surface area contributed by atoms with Crippen molar-refractivity contribution in [3.05, 3.63) is 59.2 Å². The Kier molecular flexibility index (Phi) is 5.92. The van der Waals surface area contributed by atoms with Gasteiger partial charge in [-0.05, 0) is 49.2 Å². The molecule has 2 aromatic rings. The third-order valence-electron chi connectivity index (χ3n) is 4.37. The van der Waals surface area contributed by atoms with Gasteiger partial charge < -0.3 is 20.1 Å². The van der Waals surface area contributed by atoms with Crippen LogP contribution in [0.1, 0.15) is 43.9 Å². The summed E-state index contributed by atoms with van der Waals surface area (Å²) in [6.07, 6.45) is 1.76. The molecule has 1 aliphatic carbocycles. The van der Waals surface area contributed by atoms with Crippen molar-refractivity contribution in [1.29, 1.82) is 0 Å². The second kappa shape index (κ2) is 8.55. The van der Waals surface area contributed by atoms with E-state index in [1.165, 1.54) is 32.4 Å². The Morgan fingerprint density at radius 1 is 0.793 bits per heavy atom. The van der Waals surface area contributed by atoms with Crippen LogP contribution in [0.3, 0.4) is 0 Å². The molecule has 1 fully saturated rings. The number of benzene rings is 2. The first-order chi connectivity index (χ1) is 13.9. The van der Waals surface area contributed by atoms with Crippen molar-refractivity contribution in [2.75, 3.05) is 24.9 Å². The number of amides is 2. The van der Waals surface area contributed by atoms with Gasteiger partial charge >= 0.3 is 11.9 Å². The molecule has 0 heterocycles. The molecular formula is C21H20N2O6. The summed E-state index contributed by atoms with van der Waals surface area (Å²) in [5.74, 6) is -1.79. The number of esters is 2. The second-order valence-electron chi connectivity index (χ2n) is 6.58. The molecule has 150 valence electrons. The molecule has 2 N–H and O–H groups in total. The third-order valence-corrected chi connectivity index (χ3v) is 4.37. The summed E-state index contributed by atoms with van der Waals surface area (Å²) in [5, 5.41) is 5.43. The minimum Gasteiger partial charge on any atom is -0.465 e. The Bertz CT molecular complexity index is 947. The van der Waals surface area contributed by atoms with Crippen LogP contribution in [0.25, 0.3) is 0 Å². The van der Waals surface area contributed by atoms with Crippen molar-refractivity contribution in [3.8, 4) is 0 Å². The lowest BCUT2D eigenvalue weighted by Crippen LogP contribution is -2.16. The van der Waals surface area contributed by atoms with Gasteiger partial charge in [0, 0.05) is 22.9 Å². The lowest BCUT2D eigenvalue weighted by molar-refractivity contribution is -0.117. The molecular weight excluding hydrogens is 376 g/mol. The molecule has 3 rings (SSSR count). The molecule has 0 saturated heterocycles. The van der Waals surface area contributed by atoms with Crippen molar-refractivity contribution >= 4 is 35.1 Å². The van der Waals surface area contributed by atoms with Crippen molar-refractivity contribution in [3.63, 3.8) is 0 Å². The van der Waals surface area contributed by atoms with Crippen LogP contribution < -0.4 is 10.6 Å². The van der Waals surface area contributed by atoms with Gasteiger partial charge in [0.05, 0.1) is 25.3 Å². The number of anilines is 2. The number of rotatable bonds is 6. The van der Waals surface area contributed by atoms with Gasteiger partial charge in [0.1, 0.15) is 0 Å². The van der Waals surface area contributed by atoms with Gasteiger partial charge in [-0.3, -0.25) is 9.59 Å². The Morgan fingerprint density at radius 2 is 1.38 bits per heavy atom. The van der Waals surface area contributed by atoms with E-state index in [1.807, 2.05) is 0 Å². The summed E-state index contributed by atoms with van der Waals surface area (Å²) >= 11 is 0. The fourth-order valence-corrected chi connectivity index (χ4v) is 2.70. The first kappa shape index (κ1) is 20.1. The average molecular weight is 396 g/mol. The minimum atomic E-state index is -0.656. The van der Waals surface area contributed by atoms with Gasteiger partial charge in [0.15, 0.2) is 0 Å². The average Bonchev–Trinajstić information content (AvgIpc) is 3.58. The molecule has 0 radical (unpaired) electrons. The van der Waals surface area contributed by atoms with E-state index in [1.54, 1.807) is 24.3 Å². The quantitative estimate of drug-likeness (QED) is 0.727. The monoisotopic (exact) mass is 396 g/mol. The first-order valence-corrected chi connectivity index (χ1v) is 8.95. The predicted molar refractivity (Wildman–Crippen MR) is 105 cm³/mol. The normalized spacial score (nSPS) is 12.6. The largest absolute Gasteiger partial charge is 0.465 e. The lowest BCUT2D eigenvalue weighted by atomic mass is 10.1. The summed E-state index contributed by atoms with van der Waals surface area (Å²) in [5.41, 5.74) is 1.24. The molecule has 2 amide bonds. The predicted octanol–water partition coefficient (Wildman–Crippen LogP) is 2.86. The third kappa shape index (κ3) is 4.98. The molecule has 29 heavy (non-hydrogen) atoms. The summed E-state index contributed by atoms with van der Waals surface area (Å²) < 4.78 is 9.36. The minimum absolute atomic E-state index is 0.0466. The summed E-state index contributed by atoms with van der Waals surface area (Å²) in [4.78, 5) is 48.3. The zero-order chi connectivity index (χ0) is 21.0. The molecule has 1 saturated carbocycles. The molecule has 0 unspecified atom stereocenters. The highest BCUT2D eigenvalue weighted by molar-refractivity contribution is 6.07. The highest BCUT2D eigenvalue weighted by atomic mass is 16.5. The number of hydrogen-bond acceptors (Lipinski definition) is 6. The van der Waals surface area contributed by atoms with Crippen LogP contribution in [0.5, 0.6) is 0 Å². The van der Waals surface area contributed by atoms with Crippen LogP contribution in [0.15, 0.2) is 42.5 Å². The van der Waals surface area contributed by atoms with E-state index in [-0.39, 0.29) is 28.6 Å². The van der Waals surface area contributed by atoms with Gasteiger partial charge in [-0.25, -0.2) is 9.59 Å². The van der Waals surface area contributed by atoms with E-state index in [9.17, 15) is 19.2 Å². The van der Waals surface area contributed by atoms with Crippen LogP contribution in [0.2, 0.25) is 0 Å².